The van der Waals surface area contributed by atoms with Gasteiger partial charge in [-0.1, -0.05) is 12.1 Å². The number of hydrogen-bond acceptors (Lipinski definition) is 7. The summed E-state index contributed by atoms with van der Waals surface area (Å²) in [5, 5.41) is 49.8. The molecule has 2 rings (SSSR count). The molecule has 1 fully saturated rings. The van der Waals surface area contributed by atoms with Crippen LogP contribution < -0.4 is 5.32 Å². The Morgan fingerprint density at radius 2 is 1.70 bits per heavy atom. The zero-order valence-electron chi connectivity index (χ0n) is 11.9. The largest absolute Gasteiger partial charge is 0.478 e. The lowest BCUT2D eigenvalue weighted by atomic mass is 9.96. The summed E-state index contributed by atoms with van der Waals surface area (Å²) >= 11 is 0. The van der Waals surface area contributed by atoms with E-state index in [0.717, 1.165) is 0 Å². The van der Waals surface area contributed by atoms with Crippen molar-refractivity contribution in [3.05, 3.63) is 35.4 Å². The van der Waals surface area contributed by atoms with Gasteiger partial charge in [-0.15, -0.1) is 0 Å². The lowest BCUT2D eigenvalue weighted by Gasteiger charge is -2.40. The van der Waals surface area contributed by atoms with E-state index in [4.69, 9.17) is 14.9 Å². The molecule has 9 nitrogen and oxygen atoms in total. The SMILES string of the molecule is O=C(O)c1ccccc1C(=O)N[C@@H]1[C@@H](O)[C@H](O)[C@@H](CO)O[C@H]1O. The van der Waals surface area contributed by atoms with Gasteiger partial charge in [0, 0.05) is 0 Å². The molecule has 1 aliphatic heterocycles. The normalized spacial score (nSPS) is 30.7. The van der Waals surface area contributed by atoms with E-state index in [0.29, 0.717) is 0 Å². The molecule has 0 unspecified atom stereocenters. The molecule has 5 atom stereocenters. The van der Waals surface area contributed by atoms with Crippen LogP contribution in [0.5, 0.6) is 0 Å². The monoisotopic (exact) mass is 327 g/mol. The summed E-state index contributed by atoms with van der Waals surface area (Å²) in [7, 11) is 0. The van der Waals surface area contributed by atoms with Crippen molar-refractivity contribution in [2.24, 2.45) is 0 Å². The predicted octanol–water partition coefficient (Wildman–Crippen LogP) is -2.09. The molecule has 0 bridgehead atoms. The summed E-state index contributed by atoms with van der Waals surface area (Å²) in [6.45, 7) is -0.627. The minimum atomic E-state index is -1.67. The molecule has 1 aromatic rings. The fourth-order valence-electron chi connectivity index (χ4n) is 2.35. The van der Waals surface area contributed by atoms with Crippen molar-refractivity contribution in [3.8, 4) is 0 Å². The molecule has 1 aliphatic rings. The van der Waals surface area contributed by atoms with Gasteiger partial charge in [-0.05, 0) is 12.1 Å². The number of benzene rings is 1. The molecule has 6 N–H and O–H groups in total. The van der Waals surface area contributed by atoms with Crippen molar-refractivity contribution in [1.82, 2.24) is 5.32 Å². The van der Waals surface area contributed by atoms with Gasteiger partial charge in [0.05, 0.1) is 17.7 Å². The molecule has 0 aromatic heterocycles. The molecular formula is C14H17NO8. The van der Waals surface area contributed by atoms with E-state index in [9.17, 15) is 24.9 Å². The third-order valence-electron chi connectivity index (χ3n) is 3.60. The topological polar surface area (TPSA) is 157 Å². The summed E-state index contributed by atoms with van der Waals surface area (Å²) in [6.07, 6.45) is -5.99. The third-order valence-corrected chi connectivity index (χ3v) is 3.60. The lowest BCUT2D eigenvalue weighted by molar-refractivity contribution is -0.252. The Morgan fingerprint density at radius 3 is 2.26 bits per heavy atom. The molecule has 0 spiro atoms. The third kappa shape index (κ3) is 3.49. The van der Waals surface area contributed by atoms with Gasteiger partial charge < -0.3 is 35.6 Å². The Bertz CT molecular complexity index is 592. The minimum Gasteiger partial charge on any atom is -0.478 e. The van der Waals surface area contributed by atoms with Crippen LogP contribution in [0.1, 0.15) is 20.7 Å². The molecule has 9 heteroatoms. The number of ether oxygens (including phenoxy) is 1. The van der Waals surface area contributed by atoms with Crippen molar-refractivity contribution >= 4 is 11.9 Å². The molecule has 0 aliphatic carbocycles. The minimum absolute atomic E-state index is 0.168. The second-order valence-electron chi connectivity index (χ2n) is 5.08. The fraction of sp³-hybridized carbons (Fsp3) is 0.429. The zero-order chi connectivity index (χ0) is 17.1. The maximum Gasteiger partial charge on any atom is 0.336 e. The van der Waals surface area contributed by atoms with Crippen molar-refractivity contribution in [1.29, 1.82) is 0 Å². The molecule has 1 aromatic carbocycles. The first-order chi connectivity index (χ1) is 10.9. The Hall–Kier alpha value is -2.04. The van der Waals surface area contributed by atoms with E-state index in [1.807, 2.05) is 0 Å². The van der Waals surface area contributed by atoms with Crippen molar-refractivity contribution in [2.45, 2.75) is 30.6 Å². The summed E-state index contributed by atoms with van der Waals surface area (Å²) < 4.78 is 4.91. The molecule has 1 amide bonds. The molecule has 1 heterocycles. The summed E-state index contributed by atoms with van der Waals surface area (Å²) in [6, 6.07) is 4.03. The van der Waals surface area contributed by atoms with E-state index in [1.165, 1.54) is 24.3 Å². The van der Waals surface area contributed by atoms with Gasteiger partial charge in [-0.25, -0.2) is 4.79 Å². The van der Waals surface area contributed by atoms with Crippen molar-refractivity contribution < 1.29 is 39.9 Å². The number of amides is 1. The highest BCUT2D eigenvalue weighted by atomic mass is 16.6. The first kappa shape index (κ1) is 17.3. The van der Waals surface area contributed by atoms with Crippen LogP contribution in [0.2, 0.25) is 0 Å². The second kappa shape index (κ2) is 7.02. The zero-order valence-corrected chi connectivity index (χ0v) is 11.9. The lowest BCUT2D eigenvalue weighted by Crippen LogP contribution is -2.64. The van der Waals surface area contributed by atoms with Gasteiger partial charge in [0.2, 0.25) is 0 Å². The number of carboxylic acid groups (broad SMARTS) is 1. The average molecular weight is 327 g/mol. The highest BCUT2D eigenvalue weighted by Gasteiger charge is 2.44. The fourth-order valence-corrected chi connectivity index (χ4v) is 2.35. The number of hydrogen-bond donors (Lipinski definition) is 6. The smallest absolute Gasteiger partial charge is 0.336 e. The van der Waals surface area contributed by atoms with Crippen LogP contribution in [-0.2, 0) is 4.74 Å². The van der Waals surface area contributed by atoms with Crippen LogP contribution in [0.3, 0.4) is 0 Å². The Labute approximate surface area is 130 Å². The number of rotatable bonds is 4. The van der Waals surface area contributed by atoms with Crippen LogP contribution in [0.25, 0.3) is 0 Å². The number of carbonyl (C=O) groups excluding carboxylic acids is 1. The van der Waals surface area contributed by atoms with Gasteiger partial charge in [0.15, 0.2) is 6.29 Å². The van der Waals surface area contributed by atoms with E-state index in [2.05, 4.69) is 5.32 Å². The van der Waals surface area contributed by atoms with Gasteiger partial charge in [-0.2, -0.15) is 0 Å². The van der Waals surface area contributed by atoms with Gasteiger partial charge in [0.1, 0.15) is 24.4 Å². The summed E-state index contributed by atoms with van der Waals surface area (Å²) in [4.78, 5) is 23.3. The quantitative estimate of drug-likeness (QED) is 0.368. The molecule has 1 saturated heterocycles. The van der Waals surface area contributed by atoms with Crippen LogP contribution in [-0.4, -0.2) is 74.7 Å². The highest BCUT2D eigenvalue weighted by molar-refractivity contribution is 6.04. The van der Waals surface area contributed by atoms with Gasteiger partial charge >= 0.3 is 5.97 Å². The molecule has 126 valence electrons. The van der Waals surface area contributed by atoms with Crippen LogP contribution >= 0.6 is 0 Å². The van der Waals surface area contributed by atoms with Crippen LogP contribution in [0, 0.1) is 0 Å². The van der Waals surface area contributed by atoms with E-state index in [-0.39, 0.29) is 11.1 Å². The average Bonchev–Trinajstić information content (AvgIpc) is 2.54. The maximum atomic E-state index is 12.2. The predicted molar refractivity (Wildman–Crippen MR) is 74.6 cm³/mol. The Balaban J connectivity index is 2.19. The van der Waals surface area contributed by atoms with E-state index in [1.54, 1.807) is 0 Å². The summed E-state index contributed by atoms with van der Waals surface area (Å²) in [5.41, 5.74) is -0.419. The van der Waals surface area contributed by atoms with Crippen molar-refractivity contribution in [2.75, 3.05) is 6.61 Å². The molecule has 0 saturated carbocycles. The first-order valence-electron chi connectivity index (χ1n) is 6.80. The second-order valence-corrected chi connectivity index (χ2v) is 5.08. The van der Waals surface area contributed by atoms with Gasteiger partial charge in [0.25, 0.3) is 5.91 Å². The van der Waals surface area contributed by atoms with E-state index >= 15 is 0 Å². The number of nitrogens with one attached hydrogen (secondary N) is 1. The number of carboxylic acids is 1. The molecular weight excluding hydrogens is 310 g/mol. The number of aromatic carboxylic acids is 1. The van der Waals surface area contributed by atoms with Crippen LogP contribution in [0.15, 0.2) is 24.3 Å². The Morgan fingerprint density at radius 1 is 1.09 bits per heavy atom. The van der Waals surface area contributed by atoms with Gasteiger partial charge in [-0.3, -0.25) is 4.79 Å². The highest BCUT2D eigenvalue weighted by Crippen LogP contribution is 2.20. The van der Waals surface area contributed by atoms with E-state index < -0.39 is 49.1 Å². The summed E-state index contributed by atoms with van der Waals surface area (Å²) in [5.74, 6) is -2.17. The molecule has 0 radical (unpaired) electrons. The number of aliphatic hydroxyl groups is 4. The molecule has 23 heavy (non-hydrogen) atoms. The first-order valence-corrected chi connectivity index (χ1v) is 6.80. The Kier molecular flexibility index (Phi) is 5.29. The van der Waals surface area contributed by atoms with Crippen molar-refractivity contribution in [3.63, 3.8) is 0 Å². The maximum absolute atomic E-state index is 12.2. The number of carbonyl (C=O) groups is 2. The number of aliphatic hydroxyl groups excluding tert-OH is 4. The van der Waals surface area contributed by atoms with Crippen LogP contribution in [0.4, 0.5) is 0 Å². The standard InChI is InChI=1S/C14H17NO8/c16-5-8-10(17)11(18)9(14(22)23-8)15-12(19)6-3-1-2-4-7(6)13(20)21/h1-4,8-11,14,16-18,22H,5H2,(H,15,19)(H,20,21)/t8-,9-,10-,11-,14-/m1/s1.